The van der Waals surface area contributed by atoms with Crippen molar-refractivity contribution in [3.05, 3.63) is 121 Å². The van der Waals surface area contributed by atoms with Crippen LogP contribution >= 0.6 is 24.8 Å². The van der Waals surface area contributed by atoms with Gasteiger partial charge in [-0.15, -0.1) is 24.8 Å². The molecule has 6 aromatic rings. The van der Waals surface area contributed by atoms with Gasteiger partial charge in [0.25, 0.3) is 0 Å². The molecule has 0 amide bonds. The standard InChI is InChI=1S/2C10H8O.C9H6O.2ClH.Ti/c2*11-10-7-3-5-8-4-1-2-6-9(8)10;1-7-9-5-3-2-4-8(9)6-10-7;;;/h2*1-7,11H;1-6H;2*1H;/q;;;;;+2/p-2. The summed E-state index contributed by atoms with van der Waals surface area (Å²) < 4.78 is 21.2. The molecule has 0 aliphatic rings. The van der Waals surface area contributed by atoms with Gasteiger partial charge in [-0.2, -0.15) is 0 Å². The molecule has 0 saturated heterocycles. The first-order valence-electron chi connectivity index (χ1n) is 10.8. The molecule has 3 nitrogen and oxygen atoms in total. The Morgan fingerprint density at radius 3 is 1.54 bits per heavy atom. The fourth-order valence-corrected chi connectivity index (χ4v) is 6.26. The summed E-state index contributed by atoms with van der Waals surface area (Å²) in [6.45, 7) is 0. The molecule has 1 heterocycles. The van der Waals surface area contributed by atoms with Crippen molar-refractivity contribution in [2.75, 3.05) is 0 Å². The van der Waals surface area contributed by atoms with Gasteiger partial charge in [0.1, 0.15) is 0 Å². The van der Waals surface area contributed by atoms with E-state index in [1.807, 2.05) is 66.7 Å². The molecule has 5 aromatic carbocycles. The minimum absolute atomic E-state index is 0. The van der Waals surface area contributed by atoms with Crippen LogP contribution in [-0.2, 0) is 18.2 Å². The van der Waals surface area contributed by atoms with E-state index in [0.29, 0.717) is 0 Å². The number of benzene rings is 5. The van der Waals surface area contributed by atoms with Gasteiger partial charge in [-0.25, -0.2) is 0 Å². The van der Waals surface area contributed by atoms with Crippen LogP contribution in [0.15, 0.2) is 120 Å². The third-order valence-corrected chi connectivity index (χ3v) is 7.80. The van der Waals surface area contributed by atoms with Crippen LogP contribution in [0.3, 0.4) is 0 Å². The molecule has 0 atom stereocenters. The summed E-state index contributed by atoms with van der Waals surface area (Å²) in [5, 5.41) is 6.55. The Morgan fingerprint density at radius 1 is 0.514 bits per heavy atom. The molecule has 0 aliphatic carbocycles. The molecular weight excluding hydrogens is 515 g/mol. The van der Waals surface area contributed by atoms with Crippen LogP contribution in [0.1, 0.15) is 5.76 Å². The van der Waals surface area contributed by atoms with Crippen LogP contribution in [0.5, 0.6) is 11.5 Å². The average Bonchev–Trinajstić information content (AvgIpc) is 3.27. The predicted octanol–water partition coefficient (Wildman–Crippen LogP) is 8.34. The second kappa shape index (κ2) is 11.1. The Hall–Kier alpha value is -3.08. The zero-order valence-electron chi connectivity index (χ0n) is 18.6. The number of halogens is 2. The molecule has 0 saturated carbocycles. The first-order chi connectivity index (χ1) is 16.3. The van der Waals surface area contributed by atoms with Crippen molar-refractivity contribution in [1.29, 1.82) is 0 Å². The van der Waals surface area contributed by atoms with Crippen molar-refractivity contribution in [2.24, 2.45) is 0 Å². The van der Waals surface area contributed by atoms with E-state index in [4.69, 9.17) is 11.1 Å². The van der Waals surface area contributed by atoms with Gasteiger partial charge < -0.3 is 0 Å². The van der Waals surface area contributed by atoms with E-state index in [9.17, 15) is 0 Å². The van der Waals surface area contributed by atoms with Crippen molar-refractivity contribution >= 4 is 61.4 Å². The summed E-state index contributed by atoms with van der Waals surface area (Å²) in [5.41, 5.74) is 0. The third-order valence-electron chi connectivity index (χ3n) is 5.71. The van der Waals surface area contributed by atoms with Crippen molar-refractivity contribution in [3.8, 4) is 11.5 Å². The average molecular weight is 537 g/mol. The van der Waals surface area contributed by atoms with Gasteiger partial charge in [0.15, 0.2) is 0 Å². The molecule has 0 N–H and O–H groups in total. The quantitative estimate of drug-likeness (QED) is 0.207. The number of hydrogen-bond acceptors (Lipinski definition) is 3. The van der Waals surface area contributed by atoms with Crippen molar-refractivity contribution in [2.45, 2.75) is 0 Å². The van der Waals surface area contributed by atoms with E-state index in [1.165, 1.54) is 0 Å². The molecule has 0 aliphatic heterocycles. The monoisotopic (exact) mass is 536 g/mol. The van der Waals surface area contributed by atoms with E-state index in [0.717, 1.165) is 49.6 Å². The van der Waals surface area contributed by atoms with Gasteiger partial charge >= 0.3 is 199 Å². The topological polar surface area (TPSA) is 31.6 Å². The van der Waals surface area contributed by atoms with Crippen LogP contribution in [-0.4, -0.2) is 4.31 Å². The maximum atomic E-state index is 6.63. The molecule has 0 fully saturated rings. The number of furan rings is 1. The van der Waals surface area contributed by atoms with Crippen molar-refractivity contribution in [3.63, 3.8) is 0 Å². The summed E-state index contributed by atoms with van der Waals surface area (Å²) in [5.74, 6) is 2.45. The first-order valence-corrected chi connectivity index (χ1v) is 13.0. The van der Waals surface area contributed by atoms with Crippen LogP contribution in [0.2, 0.25) is 0 Å². The second-order valence-electron chi connectivity index (χ2n) is 7.81. The molecule has 0 radical (unpaired) electrons. The van der Waals surface area contributed by atoms with Crippen LogP contribution in [0.4, 0.5) is 0 Å². The Balaban J connectivity index is 0.00000144. The van der Waals surface area contributed by atoms with E-state index >= 15 is 0 Å². The third kappa shape index (κ3) is 5.14. The number of fused-ring (bicyclic) bond motifs is 3. The van der Waals surface area contributed by atoms with E-state index < -0.39 is 18.2 Å². The van der Waals surface area contributed by atoms with E-state index in [-0.39, 0.29) is 24.8 Å². The summed E-state index contributed by atoms with van der Waals surface area (Å²) in [6.07, 6.45) is 1.78. The Bertz CT molecular complexity index is 1550. The van der Waals surface area contributed by atoms with E-state index in [2.05, 4.69) is 46.8 Å². The van der Waals surface area contributed by atoms with Gasteiger partial charge in [0, 0.05) is 0 Å². The summed E-state index contributed by atoms with van der Waals surface area (Å²) in [6, 6.07) is 36.9. The van der Waals surface area contributed by atoms with Gasteiger partial charge in [-0.3, -0.25) is 0 Å². The van der Waals surface area contributed by atoms with Crippen LogP contribution in [0, 0.1) is 0 Å². The van der Waals surface area contributed by atoms with Gasteiger partial charge in [-0.05, 0) is 0 Å². The molecule has 0 spiro atoms. The van der Waals surface area contributed by atoms with E-state index in [1.54, 1.807) is 6.26 Å². The zero-order chi connectivity index (χ0) is 22.0. The van der Waals surface area contributed by atoms with Gasteiger partial charge in [0.2, 0.25) is 0 Å². The molecule has 35 heavy (non-hydrogen) atoms. The maximum absolute atomic E-state index is 6.63. The molecular formula is C29H22Cl2O3Ti. The van der Waals surface area contributed by atoms with Crippen molar-refractivity contribution in [1.82, 2.24) is 0 Å². The van der Waals surface area contributed by atoms with Crippen LogP contribution < -0.4 is 6.64 Å². The van der Waals surface area contributed by atoms with Crippen LogP contribution in [0.25, 0.3) is 32.3 Å². The molecule has 0 bridgehead atoms. The Morgan fingerprint density at radius 2 is 0.971 bits per heavy atom. The number of rotatable bonds is 5. The fraction of sp³-hybridized carbons (Fsp3) is 0. The number of hydrogen-bond donors (Lipinski definition) is 0. The molecule has 0 unspecified atom stereocenters. The molecule has 174 valence electrons. The minimum atomic E-state index is -2.77. The Kier molecular flexibility index (Phi) is 7.95. The summed E-state index contributed by atoms with van der Waals surface area (Å²) >= 11 is -2.77. The normalized spacial score (nSPS) is 10.4. The second-order valence-corrected chi connectivity index (χ2v) is 9.89. The summed E-state index contributed by atoms with van der Waals surface area (Å²) in [4.78, 5) is 0. The van der Waals surface area contributed by atoms with Gasteiger partial charge in [0.05, 0.1) is 0 Å². The predicted molar refractivity (Wildman–Crippen MR) is 145 cm³/mol. The first kappa shape index (κ1) is 25.0. The molecule has 6 rings (SSSR count). The SMILES string of the molecule is Cl.Cl.[CH](c1occ2ccccc12)=[Ti]([O]c1cccc2ccccc12)[O]c1cccc2ccccc12. The zero-order valence-corrected chi connectivity index (χ0v) is 21.8. The molecule has 6 heteroatoms. The Labute approximate surface area is 222 Å². The van der Waals surface area contributed by atoms with Gasteiger partial charge in [-0.1, -0.05) is 0 Å². The molecule has 1 aromatic heterocycles. The van der Waals surface area contributed by atoms with Crippen molar-refractivity contribution < 1.29 is 29.2 Å². The summed E-state index contributed by atoms with van der Waals surface area (Å²) in [7, 11) is 0. The fourth-order valence-electron chi connectivity index (χ4n) is 4.10.